The van der Waals surface area contributed by atoms with Gasteiger partial charge >= 0.3 is 0 Å². The van der Waals surface area contributed by atoms with Crippen molar-refractivity contribution in [2.24, 2.45) is 17.6 Å². The topological polar surface area (TPSA) is 57.9 Å². The number of rotatable bonds is 1. The van der Waals surface area contributed by atoms with E-state index >= 15 is 0 Å². The van der Waals surface area contributed by atoms with Crippen LogP contribution in [-0.2, 0) is 0 Å². The average Bonchev–Trinajstić information content (AvgIpc) is 2.70. The van der Waals surface area contributed by atoms with E-state index in [1.807, 2.05) is 6.20 Å². The zero-order valence-electron chi connectivity index (χ0n) is 9.11. The van der Waals surface area contributed by atoms with Crippen LogP contribution >= 0.6 is 0 Å². The van der Waals surface area contributed by atoms with Crippen molar-refractivity contribution in [2.45, 2.75) is 25.8 Å². The Hall–Kier alpha value is -1.03. The molecule has 1 aromatic heterocycles. The van der Waals surface area contributed by atoms with Crippen molar-refractivity contribution in [3.63, 3.8) is 0 Å². The van der Waals surface area contributed by atoms with Gasteiger partial charge in [0.1, 0.15) is 0 Å². The minimum Gasteiger partial charge on any atom is -0.368 e. The van der Waals surface area contributed by atoms with Crippen LogP contribution in [0.25, 0.3) is 0 Å². The molecule has 2 unspecified atom stereocenters. The molecule has 4 nitrogen and oxygen atoms in total. The maximum absolute atomic E-state index is 6.19. The number of aromatic nitrogens is 2. The third-order valence-corrected chi connectivity index (χ3v) is 4.05. The minimum absolute atomic E-state index is 0.438. The highest BCUT2D eigenvalue weighted by Crippen LogP contribution is 2.37. The van der Waals surface area contributed by atoms with Crippen molar-refractivity contribution in [3.05, 3.63) is 11.9 Å². The molecule has 1 saturated heterocycles. The number of hydrogen-bond donors (Lipinski definition) is 2. The molecular formula is C11H18N4. The second-order valence-corrected chi connectivity index (χ2v) is 4.96. The molecule has 2 heterocycles. The van der Waals surface area contributed by atoms with E-state index in [1.54, 1.807) is 0 Å². The van der Waals surface area contributed by atoms with Gasteiger partial charge in [-0.25, -0.2) is 0 Å². The number of nitrogens with zero attached hydrogens (tertiary/aromatic N) is 2. The molecule has 0 spiro atoms. The van der Waals surface area contributed by atoms with Crippen LogP contribution in [0.5, 0.6) is 0 Å². The van der Waals surface area contributed by atoms with Gasteiger partial charge in [0.05, 0.1) is 17.6 Å². The monoisotopic (exact) mass is 206 g/mol. The lowest BCUT2D eigenvalue weighted by Crippen LogP contribution is -2.48. The Labute approximate surface area is 89.8 Å². The molecule has 0 radical (unpaired) electrons. The maximum atomic E-state index is 6.19. The lowest BCUT2D eigenvalue weighted by molar-refractivity contribution is 0.356. The van der Waals surface area contributed by atoms with Crippen molar-refractivity contribution in [1.29, 1.82) is 0 Å². The van der Waals surface area contributed by atoms with Gasteiger partial charge in [-0.2, -0.15) is 5.10 Å². The minimum atomic E-state index is 0.438. The fraction of sp³-hybridized carbons (Fsp3) is 0.727. The number of piperidine rings is 1. The van der Waals surface area contributed by atoms with E-state index in [4.69, 9.17) is 5.73 Å². The van der Waals surface area contributed by atoms with Gasteiger partial charge in [0.2, 0.25) is 0 Å². The van der Waals surface area contributed by atoms with Gasteiger partial charge in [0.15, 0.2) is 0 Å². The highest BCUT2D eigenvalue weighted by molar-refractivity contribution is 5.49. The van der Waals surface area contributed by atoms with Crippen LogP contribution in [-0.4, -0.2) is 29.3 Å². The van der Waals surface area contributed by atoms with E-state index < -0.39 is 0 Å². The van der Waals surface area contributed by atoms with Crippen molar-refractivity contribution in [2.75, 3.05) is 18.0 Å². The van der Waals surface area contributed by atoms with E-state index in [-0.39, 0.29) is 0 Å². The quantitative estimate of drug-likeness (QED) is 0.717. The molecular weight excluding hydrogens is 188 g/mol. The number of H-pyrrole nitrogens is 1. The van der Waals surface area contributed by atoms with Crippen molar-refractivity contribution in [3.8, 4) is 0 Å². The fourth-order valence-electron chi connectivity index (χ4n) is 3.12. The predicted octanol–water partition coefficient (Wildman–Crippen LogP) is 0.892. The number of aryl methyl sites for hydroxylation is 1. The molecule has 1 aliphatic carbocycles. The number of aromatic amines is 1. The molecule has 0 amide bonds. The smallest absolute Gasteiger partial charge is 0.0779 e. The summed E-state index contributed by atoms with van der Waals surface area (Å²) < 4.78 is 0. The van der Waals surface area contributed by atoms with Crippen LogP contribution in [0, 0.1) is 18.8 Å². The summed E-state index contributed by atoms with van der Waals surface area (Å²) >= 11 is 0. The van der Waals surface area contributed by atoms with Crippen LogP contribution in [0.15, 0.2) is 6.20 Å². The lowest BCUT2D eigenvalue weighted by atomic mass is 9.93. The molecule has 3 rings (SSSR count). The predicted molar refractivity (Wildman–Crippen MR) is 59.7 cm³/mol. The number of nitrogens with one attached hydrogen (secondary N) is 1. The largest absolute Gasteiger partial charge is 0.368 e. The zero-order valence-corrected chi connectivity index (χ0v) is 9.11. The van der Waals surface area contributed by atoms with Gasteiger partial charge in [-0.3, -0.25) is 5.10 Å². The van der Waals surface area contributed by atoms with Crippen LogP contribution in [0.3, 0.4) is 0 Å². The first-order valence-electron chi connectivity index (χ1n) is 5.76. The Bertz CT molecular complexity index is 345. The SMILES string of the molecule is Cc1[nH]ncc1N1CC2CCC(C1)C2N. The second kappa shape index (κ2) is 3.23. The molecule has 2 bridgehead atoms. The fourth-order valence-corrected chi connectivity index (χ4v) is 3.12. The Morgan fingerprint density at radius 3 is 2.60 bits per heavy atom. The van der Waals surface area contributed by atoms with Crippen molar-refractivity contribution >= 4 is 5.69 Å². The molecule has 4 heteroatoms. The van der Waals surface area contributed by atoms with Crippen molar-refractivity contribution in [1.82, 2.24) is 10.2 Å². The van der Waals surface area contributed by atoms with E-state index in [9.17, 15) is 0 Å². The summed E-state index contributed by atoms with van der Waals surface area (Å²) in [4.78, 5) is 2.45. The zero-order chi connectivity index (χ0) is 10.4. The Kier molecular flexibility index (Phi) is 1.99. The Morgan fingerprint density at radius 1 is 1.40 bits per heavy atom. The second-order valence-electron chi connectivity index (χ2n) is 4.96. The highest BCUT2D eigenvalue weighted by Gasteiger charge is 2.40. The molecule has 2 aliphatic rings. The summed E-state index contributed by atoms with van der Waals surface area (Å²) in [5, 5.41) is 7.09. The van der Waals surface area contributed by atoms with Crippen molar-refractivity contribution < 1.29 is 0 Å². The third-order valence-electron chi connectivity index (χ3n) is 4.05. The van der Waals surface area contributed by atoms with Crippen LogP contribution in [0.1, 0.15) is 18.5 Å². The molecule has 0 aromatic carbocycles. The number of hydrogen-bond acceptors (Lipinski definition) is 3. The molecule has 1 aromatic rings. The normalized spacial score (nSPS) is 34.8. The van der Waals surface area contributed by atoms with E-state index in [0.717, 1.165) is 13.1 Å². The molecule has 2 atom stereocenters. The maximum Gasteiger partial charge on any atom is 0.0779 e. The van der Waals surface area contributed by atoms with Gasteiger partial charge in [-0.15, -0.1) is 0 Å². The summed E-state index contributed by atoms with van der Waals surface area (Å²) in [5.74, 6) is 1.39. The summed E-state index contributed by atoms with van der Waals surface area (Å²) in [7, 11) is 0. The van der Waals surface area contributed by atoms with Gasteiger partial charge in [-0.1, -0.05) is 0 Å². The summed E-state index contributed by atoms with van der Waals surface area (Å²) in [6, 6.07) is 0.438. The van der Waals surface area contributed by atoms with Gasteiger partial charge in [-0.05, 0) is 31.6 Å². The summed E-state index contributed by atoms with van der Waals surface area (Å²) in [6.07, 6.45) is 4.55. The van der Waals surface area contributed by atoms with Crippen LogP contribution < -0.4 is 10.6 Å². The summed E-state index contributed by atoms with van der Waals surface area (Å²) in [6.45, 7) is 4.30. The standard InChI is InChI=1S/C11H18N4/c1-7-10(4-13-14-7)15-5-8-2-3-9(6-15)11(8)12/h4,8-9,11H,2-3,5-6,12H2,1H3,(H,13,14). The number of nitrogens with two attached hydrogens (primary N) is 1. The molecule has 15 heavy (non-hydrogen) atoms. The number of fused-ring (bicyclic) bond motifs is 2. The summed E-state index contributed by atoms with van der Waals surface area (Å²) in [5.41, 5.74) is 8.62. The van der Waals surface area contributed by atoms with Gasteiger partial charge in [0.25, 0.3) is 0 Å². The molecule has 1 saturated carbocycles. The van der Waals surface area contributed by atoms with Crippen LogP contribution in [0.2, 0.25) is 0 Å². The first-order valence-corrected chi connectivity index (χ1v) is 5.76. The third kappa shape index (κ3) is 1.35. The first-order chi connectivity index (χ1) is 7.25. The Morgan fingerprint density at radius 2 is 2.07 bits per heavy atom. The van der Waals surface area contributed by atoms with E-state index in [0.29, 0.717) is 17.9 Å². The first kappa shape index (κ1) is 9.21. The number of anilines is 1. The Balaban J connectivity index is 1.84. The van der Waals surface area contributed by atoms with Gasteiger partial charge < -0.3 is 10.6 Å². The van der Waals surface area contributed by atoms with Gasteiger partial charge in [0, 0.05) is 19.1 Å². The highest BCUT2D eigenvalue weighted by atomic mass is 15.2. The van der Waals surface area contributed by atoms with Crippen LogP contribution in [0.4, 0.5) is 5.69 Å². The average molecular weight is 206 g/mol. The lowest BCUT2D eigenvalue weighted by Gasteiger charge is -2.37. The van der Waals surface area contributed by atoms with E-state index in [2.05, 4.69) is 22.0 Å². The van der Waals surface area contributed by atoms with E-state index in [1.165, 1.54) is 24.2 Å². The molecule has 1 aliphatic heterocycles. The molecule has 3 N–H and O–H groups in total. The molecule has 82 valence electrons. The molecule has 2 fully saturated rings.